The molecule has 2 rings (SSSR count). The quantitative estimate of drug-likeness (QED) is 0.626. The van der Waals surface area contributed by atoms with Crippen molar-refractivity contribution in [3.63, 3.8) is 0 Å². The first kappa shape index (κ1) is 16.2. The van der Waals surface area contributed by atoms with Crippen LogP contribution in [0.2, 0.25) is 10.0 Å². The van der Waals surface area contributed by atoms with Gasteiger partial charge in [-0.25, -0.2) is 0 Å². The number of benzene rings is 1. The van der Waals surface area contributed by atoms with Crippen LogP contribution in [0.5, 0.6) is 5.75 Å². The molecule has 20 heavy (non-hydrogen) atoms. The van der Waals surface area contributed by atoms with Crippen LogP contribution in [0.4, 0.5) is 0 Å². The summed E-state index contributed by atoms with van der Waals surface area (Å²) in [6.07, 6.45) is 4.40. The Hall–Kier alpha value is -0.150. The Morgan fingerprint density at radius 2 is 2.15 bits per heavy atom. The van der Waals surface area contributed by atoms with Gasteiger partial charge < -0.3 is 9.47 Å². The highest BCUT2D eigenvalue weighted by Crippen LogP contribution is 2.38. The van der Waals surface area contributed by atoms with E-state index in [4.69, 9.17) is 44.3 Å². The molecule has 112 valence electrons. The van der Waals surface area contributed by atoms with Crippen LogP contribution in [0, 0.1) is 0 Å². The number of halogens is 3. The van der Waals surface area contributed by atoms with Crippen LogP contribution in [-0.2, 0) is 4.74 Å². The van der Waals surface area contributed by atoms with E-state index in [0.29, 0.717) is 28.5 Å². The molecule has 5 heteroatoms. The number of rotatable bonds is 6. The molecule has 1 aliphatic heterocycles. The molecule has 1 aromatic rings. The lowest BCUT2D eigenvalue weighted by atomic mass is 10.0. The SMILES string of the molecule is CCOc1cc(Cl)c(C(Cl)CCC2CCCO2)cc1Cl. The first-order valence-corrected chi connectivity index (χ1v) is 8.18. The molecule has 0 radical (unpaired) electrons. The van der Waals surface area contributed by atoms with Crippen LogP contribution < -0.4 is 4.74 Å². The molecule has 0 saturated carbocycles. The molecule has 1 aliphatic rings. The van der Waals surface area contributed by atoms with E-state index in [1.165, 1.54) is 0 Å². The molecule has 0 aromatic heterocycles. The normalized spacial score (nSPS) is 20.1. The summed E-state index contributed by atoms with van der Waals surface area (Å²) in [4.78, 5) is 0. The first-order chi connectivity index (χ1) is 9.61. The van der Waals surface area contributed by atoms with Crippen LogP contribution in [0.1, 0.15) is 43.5 Å². The maximum absolute atomic E-state index is 6.45. The third-order valence-corrected chi connectivity index (χ3v) is 4.53. The summed E-state index contributed by atoms with van der Waals surface area (Å²) in [6.45, 7) is 3.33. The zero-order chi connectivity index (χ0) is 14.5. The fourth-order valence-electron chi connectivity index (χ4n) is 2.41. The maximum Gasteiger partial charge on any atom is 0.139 e. The average Bonchev–Trinajstić information content (AvgIpc) is 2.93. The Morgan fingerprint density at radius 1 is 1.35 bits per heavy atom. The smallest absolute Gasteiger partial charge is 0.139 e. The number of alkyl halides is 1. The second-order valence-corrected chi connectivity index (χ2v) is 6.26. The minimum Gasteiger partial charge on any atom is -0.492 e. The second-order valence-electron chi connectivity index (χ2n) is 4.92. The van der Waals surface area contributed by atoms with E-state index in [1.807, 2.05) is 13.0 Å². The highest BCUT2D eigenvalue weighted by molar-refractivity contribution is 6.35. The van der Waals surface area contributed by atoms with Gasteiger partial charge in [0.25, 0.3) is 0 Å². The summed E-state index contributed by atoms with van der Waals surface area (Å²) >= 11 is 18.9. The van der Waals surface area contributed by atoms with Crippen LogP contribution in [-0.4, -0.2) is 19.3 Å². The molecule has 2 nitrogen and oxygen atoms in total. The molecule has 1 heterocycles. The van der Waals surface area contributed by atoms with Crippen molar-refractivity contribution in [2.45, 2.75) is 44.1 Å². The fraction of sp³-hybridized carbons (Fsp3) is 0.600. The molecule has 2 atom stereocenters. The van der Waals surface area contributed by atoms with Gasteiger partial charge in [-0.1, -0.05) is 23.2 Å². The Bertz CT molecular complexity index is 445. The summed E-state index contributed by atoms with van der Waals surface area (Å²) in [5, 5.41) is 0.999. The van der Waals surface area contributed by atoms with Gasteiger partial charge in [-0.2, -0.15) is 0 Å². The van der Waals surface area contributed by atoms with Crippen LogP contribution in [0.15, 0.2) is 12.1 Å². The van der Waals surface area contributed by atoms with E-state index >= 15 is 0 Å². The second kappa shape index (κ2) is 7.74. The number of hydrogen-bond acceptors (Lipinski definition) is 2. The van der Waals surface area contributed by atoms with E-state index in [2.05, 4.69) is 0 Å². The third-order valence-electron chi connectivity index (χ3n) is 3.45. The van der Waals surface area contributed by atoms with Crippen molar-refractivity contribution in [2.75, 3.05) is 13.2 Å². The average molecular weight is 338 g/mol. The van der Waals surface area contributed by atoms with Crippen molar-refractivity contribution in [3.8, 4) is 5.75 Å². The minimum atomic E-state index is -0.153. The van der Waals surface area contributed by atoms with Gasteiger partial charge in [0, 0.05) is 17.7 Å². The molecule has 0 aliphatic carbocycles. The van der Waals surface area contributed by atoms with Crippen molar-refractivity contribution >= 4 is 34.8 Å². The molecule has 1 aromatic carbocycles. The lowest BCUT2D eigenvalue weighted by Crippen LogP contribution is -2.06. The van der Waals surface area contributed by atoms with Gasteiger partial charge >= 0.3 is 0 Å². The predicted molar refractivity (Wildman–Crippen MR) is 84.4 cm³/mol. The zero-order valence-corrected chi connectivity index (χ0v) is 13.8. The van der Waals surface area contributed by atoms with Crippen LogP contribution in [0.25, 0.3) is 0 Å². The van der Waals surface area contributed by atoms with Crippen LogP contribution >= 0.6 is 34.8 Å². The van der Waals surface area contributed by atoms with Gasteiger partial charge in [0.2, 0.25) is 0 Å². The van der Waals surface area contributed by atoms with Crippen molar-refractivity contribution in [3.05, 3.63) is 27.7 Å². The topological polar surface area (TPSA) is 18.5 Å². The maximum atomic E-state index is 6.45. The van der Waals surface area contributed by atoms with E-state index in [-0.39, 0.29) is 5.38 Å². The van der Waals surface area contributed by atoms with E-state index in [0.717, 1.165) is 37.9 Å². The van der Waals surface area contributed by atoms with Crippen molar-refractivity contribution < 1.29 is 9.47 Å². The molecule has 0 amide bonds. The summed E-state index contributed by atoms with van der Waals surface area (Å²) in [7, 11) is 0. The minimum absolute atomic E-state index is 0.153. The molecule has 0 bridgehead atoms. The fourth-order valence-corrected chi connectivity index (χ4v) is 3.28. The van der Waals surface area contributed by atoms with Gasteiger partial charge in [0.1, 0.15) is 5.75 Å². The molecule has 1 saturated heterocycles. The summed E-state index contributed by atoms with van der Waals surface area (Å²) in [5.74, 6) is 0.603. The zero-order valence-electron chi connectivity index (χ0n) is 11.5. The van der Waals surface area contributed by atoms with Crippen LogP contribution in [0.3, 0.4) is 0 Å². The van der Waals surface area contributed by atoms with E-state index in [1.54, 1.807) is 6.07 Å². The molecule has 0 N–H and O–H groups in total. The van der Waals surface area contributed by atoms with Gasteiger partial charge in [0.05, 0.1) is 23.1 Å². The number of ether oxygens (including phenoxy) is 2. The summed E-state index contributed by atoms with van der Waals surface area (Å²) in [6, 6.07) is 3.55. The Balaban J connectivity index is 2.01. The van der Waals surface area contributed by atoms with Crippen molar-refractivity contribution in [1.29, 1.82) is 0 Å². The lowest BCUT2D eigenvalue weighted by molar-refractivity contribution is 0.102. The Labute approximate surface area is 135 Å². The molecular formula is C15H19Cl3O2. The standard InChI is InChI=1S/C15H19Cl3O2/c1-2-19-15-9-13(17)11(8-14(15)18)12(16)6-5-10-4-3-7-20-10/h8-10,12H,2-7H2,1H3. The highest BCUT2D eigenvalue weighted by atomic mass is 35.5. The van der Waals surface area contributed by atoms with Gasteiger partial charge in [-0.15, -0.1) is 11.6 Å². The van der Waals surface area contributed by atoms with Gasteiger partial charge in [0.15, 0.2) is 0 Å². The monoisotopic (exact) mass is 336 g/mol. The van der Waals surface area contributed by atoms with E-state index in [9.17, 15) is 0 Å². The van der Waals surface area contributed by atoms with Crippen molar-refractivity contribution in [2.24, 2.45) is 0 Å². The largest absolute Gasteiger partial charge is 0.492 e. The Morgan fingerprint density at radius 3 is 2.80 bits per heavy atom. The Kier molecular flexibility index (Phi) is 6.28. The summed E-state index contributed by atoms with van der Waals surface area (Å²) in [5.41, 5.74) is 0.861. The molecule has 0 spiro atoms. The summed E-state index contributed by atoms with van der Waals surface area (Å²) < 4.78 is 11.0. The van der Waals surface area contributed by atoms with Gasteiger partial charge in [-0.3, -0.25) is 0 Å². The molecule has 1 fully saturated rings. The highest BCUT2D eigenvalue weighted by Gasteiger charge is 2.20. The third kappa shape index (κ3) is 4.17. The molecule has 2 unspecified atom stereocenters. The van der Waals surface area contributed by atoms with Gasteiger partial charge in [-0.05, 0) is 44.2 Å². The predicted octanol–water partition coefficient (Wildman–Crippen LogP) is 5.63. The number of hydrogen-bond donors (Lipinski definition) is 0. The van der Waals surface area contributed by atoms with Crippen molar-refractivity contribution in [1.82, 2.24) is 0 Å². The lowest BCUT2D eigenvalue weighted by Gasteiger charge is -2.16. The van der Waals surface area contributed by atoms with E-state index < -0.39 is 0 Å². The first-order valence-electron chi connectivity index (χ1n) is 6.99. The molecular weight excluding hydrogens is 319 g/mol.